The van der Waals surface area contributed by atoms with Gasteiger partial charge in [0.1, 0.15) is 0 Å². The van der Waals surface area contributed by atoms with Crippen LogP contribution in [-0.2, 0) is 9.47 Å². The molecule has 1 N–H and O–H groups in total. The van der Waals surface area contributed by atoms with Crippen molar-refractivity contribution in [2.24, 2.45) is 5.41 Å². The lowest BCUT2D eigenvalue weighted by atomic mass is 9.82. The molecule has 0 saturated carbocycles. The number of rotatable bonds is 6. The summed E-state index contributed by atoms with van der Waals surface area (Å²) in [6.07, 6.45) is 1.83. The Hall–Kier alpha value is -0.160. The molecule has 4 heteroatoms. The maximum Gasteiger partial charge on any atom is 0.0899 e. The van der Waals surface area contributed by atoms with Crippen LogP contribution in [0.15, 0.2) is 0 Å². The van der Waals surface area contributed by atoms with E-state index in [1.807, 2.05) is 0 Å². The van der Waals surface area contributed by atoms with E-state index in [-0.39, 0.29) is 0 Å². The third-order valence-electron chi connectivity index (χ3n) is 3.23. The van der Waals surface area contributed by atoms with E-state index in [1.165, 1.54) is 0 Å². The van der Waals surface area contributed by atoms with Gasteiger partial charge in [0.25, 0.3) is 0 Å². The molecule has 0 aromatic rings. The summed E-state index contributed by atoms with van der Waals surface area (Å²) in [7, 11) is 3.67. The van der Waals surface area contributed by atoms with Gasteiger partial charge in [0.2, 0.25) is 0 Å². The molecule has 1 fully saturated rings. The van der Waals surface area contributed by atoms with Gasteiger partial charge in [-0.25, -0.2) is 0 Å². The first kappa shape index (κ1) is 13.9. The van der Waals surface area contributed by atoms with Crippen LogP contribution >= 0.6 is 0 Å². The van der Waals surface area contributed by atoms with E-state index >= 15 is 0 Å². The summed E-state index contributed by atoms with van der Waals surface area (Å²) in [6.45, 7) is 6.12. The second kappa shape index (κ2) is 6.55. The van der Waals surface area contributed by atoms with Crippen LogP contribution in [0, 0.1) is 5.41 Å². The molecular formula is C12H25NO3. The molecule has 0 spiro atoms. The van der Waals surface area contributed by atoms with Gasteiger partial charge in [0, 0.05) is 33.4 Å². The van der Waals surface area contributed by atoms with Crippen molar-refractivity contribution in [3.8, 4) is 0 Å². The molecule has 1 atom stereocenters. The maximum absolute atomic E-state index is 9.64. The molecule has 0 aromatic heterocycles. The van der Waals surface area contributed by atoms with Gasteiger partial charge in [-0.2, -0.15) is 0 Å². The van der Waals surface area contributed by atoms with E-state index in [4.69, 9.17) is 9.47 Å². The molecule has 1 aliphatic rings. The summed E-state index contributed by atoms with van der Waals surface area (Å²) in [4.78, 5) is 2.19. The molecular weight excluding hydrogens is 206 g/mol. The topological polar surface area (TPSA) is 41.9 Å². The number of nitrogens with zero attached hydrogens (tertiary/aromatic N) is 1. The Morgan fingerprint density at radius 2 is 2.06 bits per heavy atom. The molecule has 0 amide bonds. The van der Waals surface area contributed by atoms with E-state index in [2.05, 4.69) is 18.9 Å². The van der Waals surface area contributed by atoms with Crippen LogP contribution in [0.5, 0.6) is 0 Å². The Labute approximate surface area is 98.5 Å². The lowest BCUT2D eigenvalue weighted by molar-refractivity contribution is -0.00526. The van der Waals surface area contributed by atoms with Gasteiger partial charge < -0.3 is 19.5 Å². The van der Waals surface area contributed by atoms with Crippen LogP contribution in [0.3, 0.4) is 0 Å². The fraction of sp³-hybridized carbons (Fsp3) is 1.00. The molecule has 96 valence electrons. The Morgan fingerprint density at radius 1 is 1.44 bits per heavy atom. The average Bonchev–Trinajstić information content (AvgIpc) is 2.17. The van der Waals surface area contributed by atoms with E-state index in [1.54, 1.807) is 7.11 Å². The summed E-state index contributed by atoms with van der Waals surface area (Å²) < 4.78 is 10.3. The molecule has 1 aliphatic heterocycles. The third-order valence-corrected chi connectivity index (χ3v) is 3.23. The van der Waals surface area contributed by atoms with Gasteiger partial charge in [-0.3, -0.25) is 0 Å². The number of aliphatic hydroxyl groups excluding tert-OH is 1. The zero-order valence-corrected chi connectivity index (χ0v) is 10.7. The van der Waals surface area contributed by atoms with Crippen molar-refractivity contribution in [3.05, 3.63) is 0 Å². The number of likely N-dealkylation sites (N-methyl/N-ethyl adjacent to an activating group) is 1. The molecule has 1 unspecified atom stereocenters. The minimum atomic E-state index is -0.390. The fourth-order valence-electron chi connectivity index (χ4n) is 2.34. The van der Waals surface area contributed by atoms with Crippen LogP contribution in [0.25, 0.3) is 0 Å². The summed E-state index contributed by atoms with van der Waals surface area (Å²) in [5.41, 5.74) is 0.333. The van der Waals surface area contributed by atoms with Gasteiger partial charge in [-0.1, -0.05) is 6.92 Å². The summed E-state index contributed by atoms with van der Waals surface area (Å²) >= 11 is 0. The molecule has 0 radical (unpaired) electrons. The highest BCUT2D eigenvalue weighted by Gasteiger charge is 2.28. The fourth-order valence-corrected chi connectivity index (χ4v) is 2.34. The normalized spacial score (nSPS) is 22.3. The van der Waals surface area contributed by atoms with E-state index in [9.17, 15) is 5.11 Å². The van der Waals surface area contributed by atoms with E-state index in [0.29, 0.717) is 18.6 Å². The highest BCUT2D eigenvalue weighted by molar-refractivity contribution is 4.80. The first-order valence-corrected chi connectivity index (χ1v) is 5.99. The quantitative estimate of drug-likeness (QED) is 0.732. The SMILES string of the molecule is COCC(O)CN(C)CC1(C)CCOCC1. The molecule has 1 rings (SSSR count). The highest BCUT2D eigenvalue weighted by atomic mass is 16.5. The van der Waals surface area contributed by atoms with Gasteiger partial charge in [-0.15, -0.1) is 0 Å². The number of ether oxygens (including phenoxy) is 2. The van der Waals surface area contributed by atoms with E-state index < -0.39 is 6.10 Å². The van der Waals surface area contributed by atoms with Crippen LogP contribution < -0.4 is 0 Å². The van der Waals surface area contributed by atoms with Crippen molar-refractivity contribution < 1.29 is 14.6 Å². The molecule has 0 bridgehead atoms. The van der Waals surface area contributed by atoms with Gasteiger partial charge in [0.05, 0.1) is 12.7 Å². The first-order valence-electron chi connectivity index (χ1n) is 5.99. The van der Waals surface area contributed by atoms with Gasteiger partial charge in [0.15, 0.2) is 0 Å². The first-order chi connectivity index (χ1) is 7.56. The van der Waals surface area contributed by atoms with Crippen molar-refractivity contribution in [1.82, 2.24) is 4.90 Å². The standard InChI is InChI=1S/C12H25NO3/c1-12(4-6-16-7-5-12)10-13(2)8-11(14)9-15-3/h11,14H,4-10H2,1-3H3. The monoisotopic (exact) mass is 231 g/mol. The van der Waals surface area contributed by atoms with Crippen LogP contribution in [-0.4, -0.2) is 63.2 Å². The Kier molecular flexibility index (Phi) is 5.69. The Balaban J connectivity index is 2.29. The second-order valence-corrected chi connectivity index (χ2v) is 5.23. The maximum atomic E-state index is 9.64. The van der Waals surface area contributed by atoms with Gasteiger partial charge in [-0.05, 0) is 25.3 Å². The van der Waals surface area contributed by atoms with Crippen LogP contribution in [0.1, 0.15) is 19.8 Å². The van der Waals surface area contributed by atoms with Crippen molar-refractivity contribution in [1.29, 1.82) is 0 Å². The molecule has 16 heavy (non-hydrogen) atoms. The predicted molar refractivity (Wildman–Crippen MR) is 63.5 cm³/mol. The minimum Gasteiger partial charge on any atom is -0.389 e. The zero-order chi connectivity index (χ0) is 12.0. The Bertz CT molecular complexity index is 193. The largest absolute Gasteiger partial charge is 0.389 e. The van der Waals surface area contributed by atoms with Crippen molar-refractivity contribution in [3.63, 3.8) is 0 Å². The zero-order valence-electron chi connectivity index (χ0n) is 10.7. The molecule has 0 aliphatic carbocycles. The summed E-state index contributed by atoms with van der Waals surface area (Å²) in [5, 5.41) is 9.64. The predicted octanol–water partition coefficient (Wildman–Crippen LogP) is 0.742. The average molecular weight is 231 g/mol. The number of methoxy groups -OCH3 is 1. The van der Waals surface area contributed by atoms with E-state index in [0.717, 1.165) is 32.6 Å². The van der Waals surface area contributed by atoms with Crippen molar-refractivity contribution >= 4 is 0 Å². The van der Waals surface area contributed by atoms with Crippen LogP contribution in [0.2, 0.25) is 0 Å². The summed E-state index contributed by atoms with van der Waals surface area (Å²) in [5.74, 6) is 0. The van der Waals surface area contributed by atoms with Crippen molar-refractivity contribution in [2.75, 3.05) is 47.1 Å². The smallest absolute Gasteiger partial charge is 0.0899 e. The Morgan fingerprint density at radius 3 is 2.62 bits per heavy atom. The molecule has 4 nitrogen and oxygen atoms in total. The number of aliphatic hydroxyl groups is 1. The summed E-state index contributed by atoms with van der Waals surface area (Å²) in [6, 6.07) is 0. The number of hydrogen-bond donors (Lipinski definition) is 1. The second-order valence-electron chi connectivity index (χ2n) is 5.23. The van der Waals surface area contributed by atoms with Gasteiger partial charge >= 0.3 is 0 Å². The minimum absolute atomic E-state index is 0.333. The van der Waals surface area contributed by atoms with Crippen molar-refractivity contribution in [2.45, 2.75) is 25.9 Å². The lowest BCUT2D eigenvalue weighted by Gasteiger charge is -2.37. The van der Waals surface area contributed by atoms with Crippen LogP contribution in [0.4, 0.5) is 0 Å². The molecule has 1 saturated heterocycles. The highest BCUT2D eigenvalue weighted by Crippen LogP contribution is 2.30. The lowest BCUT2D eigenvalue weighted by Crippen LogP contribution is -2.41. The molecule has 0 aromatic carbocycles. The third kappa shape index (κ3) is 4.78. The molecule has 1 heterocycles. The number of hydrogen-bond acceptors (Lipinski definition) is 4.